The van der Waals surface area contributed by atoms with E-state index >= 15 is 0 Å². The molecule has 0 aromatic heterocycles. The number of nitro benzene ring substituents is 1. The Balaban J connectivity index is 1.73. The number of esters is 1. The van der Waals surface area contributed by atoms with E-state index in [1.165, 1.54) is 12.1 Å². The fraction of sp³-hybridized carbons (Fsp3) is 0.350. The first-order valence-corrected chi connectivity index (χ1v) is 8.84. The highest BCUT2D eigenvalue weighted by molar-refractivity contribution is 5.89. The van der Waals surface area contributed by atoms with E-state index < -0.39 is 10.9 Å². The van der Waals surface area contributed by atoms with Gasteiger partial charge in [-0.1, -0.05) is 19.9 Å². The topological polar surface area (TPSA) is 97.1 Å². The lowest BCUT2D eigenvalue weighted by Crippen LogP contribution is -2.15. The van der Waals surface area contributed by atoms with Crippen LogP contribution in [0.3, 0.4) is 0 Å². The van der Waals surface area contributed by atoms with Gasteiger partial charge in [-0.25, -0.2) is 4.79 Å². The van der Waals surface area contributed by atoms with Crippen LogP contribution in [0.25, 0.3) is 0 Å². The third-order valence-corrected chi connectivity index (χ3v) is 3.99. The molecule has 0 N–H and O–H groups in total. The van der Waals surface area contributed by atoms with Crippen molar-refractivity contribution < 1.29 is 28.7 Å². The van der Waals surface area contributed by atoms with Crippen LogP contribution in [0.15, 0.2) is 36.4 Å². The number of nitrogens with zero attached hydrogens (tertiary/aromatic N) is 1. The average Bonchev–Trinajstić information content (AvgIpc) is 2.70. The van der Waals surface area contributed by atoms with Crippen molar-refractivity contribution in [2.24, 2.45) is 5.92 Å². The first-order chi connectivity index (χ1) is 13.4. The molecule has 148 valence electrons. The van der Waals surface area contributed by atoms with Gasteiger partial charge in [0.15, 0.2) is 6.79 Å². The quantitative estimate of drug-likeness (QED) is 0.404. The van der Waals surface area contributed by atoms with Crippen LogP contribution in [0.2, 0.25) is 0 Å². The number of carbonyl (C=O) groups excluding carboxylic acids is 1. The normalized spacial score (nSPS) is 12.8. The molecule has 0 spiro atoms. The van der Waals surface area contributed by atoms with E-state index in [1.54, 1.807) is 24.3 Å². The van der Waals surface area contributed by atoms with E-state index in [0.29, 0.717) is 40.7 Å². The van der Waals surface area contributed by atoms with Crippen LogP contribution in [-0.2, 0) is 22.7 Å². The Morgan fingerprint density at radius 3 is 2.86 bits per heavy atom. The lowest BCUT2D eigenvalue weighted by molar-refractivity contribution is -0.385. The highest BCUT2D eigenvalue weighted by Gasteiger charge is 2.22. The van der Waals surface area contributed by atoms with E-state index in [-0.39, 0.29) is 25.7 Å². The minimum absolute atomic E-state index is 0.0427. The molecular formula is C20H21NO7. The predicted octanol–water partition coefficient (Wildman–Crippen LogP) is 3.85. The Morgan fingerprint density at radius 1 is 1.29 bits per heavy atom. The summed E-state index contributed by atoms with van der Waals surface area (Å²) in [4.78, 5) is 23.1. The molecule has 1 heterocycles. The van der Waals surface area contributed by atoms with Gasteiger partial charge in [-0.3, -0.25) is 10.1 Å². The van der Waals surface area contributed by atoms with Crippen molar-refractivity contribution in [2.75, 3.05) is 13.4 Å². The summed E-state index contributed by atoms with van der Waals surface area (Å²) in [5.41, 5.74) is 1.21. The van der Waals surface area contributed by atoms with Crippen LogP contribution in [0, 0.1) is 16.0 Å². The van der Waals surface area contributed by atoms with E-state index in [2.05, 4.69) is 0 Å². The fourth-order valence-electron chi connectivity index (χ4n) is 2.70. The van der Waals surface area contributed by atoms with Crippen LogP contribution in [0.5, 0.6) is 11.5 Å². The van der Waals surface area contributed by atoms with Crippen molar-refractivity contribution in [1.82, 2.24) is 0 Å². The Morgan fingerprint density at radius 2 is 2.11 bits per heavy atom. The number of nitro groups is 1. The molecule has 0 fully saturated rings. The molecule has 0 saturated heterocycles. The number of rotatable bonds is 7. The molecule has 28 heavy (non-hydrogen) atoms. The summed E-state index contributed by atoms with van der Waals surface area (Å²) >= 11 is 0. The average molecular weight is 387 g/mol. The van der Waals surface area contributed by atoms with Gasteiger partial charge in [0.2, 0.25) is 0 Å². The standard InChI is InChI=1S/C20H21NO7/c1-13(2)9-26-18-5-3-4-14(8-18)20(22)27-11-16-7-17(21(23)24)6-15-10-25-12-28-19(15)16/h3-8,13H,9-12H2,1-2H3. The molecular weight excluding hydrogens is 366 g/mol. The Kier molecular flexibility index (Phi) is 6.10. The van der Waals surface area contributed by atoms with Crippen molar-refractivity contribution in [2.45, 2.75) is 27.1 Å². The largest absolute Gasteiger partial charge is 0.493 e. The first kappa shape index (κ1) is 19.6. The predicted molar refractivity (Wildman–Crippen MR) is 99.3 cm³/mol. The van der Waals surface area contributed by atoms with Gasteiger partial charge in [-0.05, 0) is 24.1 Å². The van der Waals surface area contributed by atoms with Crippen molar-refractivity contribution in [3.63, 3.8) is 0 Å². The third kappa shape index (κ3) is 4.77. The lowest BCUT2D eigenvalue weighted by Gasteiger charge is -2.20. The monoisotopic (exact) mass is 387 g/mol. The Bertz CT molecular complexity index is 879. The fourth-order valence-corrected chi connectivity index (χ4v) is 2.70. The molecule has 0 amide bonds. The smallest absolute Gasteiger partial charge is 0.338 e. The van der Waals surface area contributed by atoms with Crippen molar-refractivity contribution >= 4 is 11.7 Å². The van der Waals surface area contributed by atoms with Gasteiger partial charge in [0.1, 0.15) is 18.1 Å². The second-order valence-corrected chi connectivity index (χ2v) is 6.77. The number of fused-ring (bicyclic) bond motifs is 1. The van der Waals surface area contributed by atoms with Gasteiger partial charge < -0.3 is 18.9 Å². The molecule has 0 radical (unpaired) electrons. The Labute approximate surface area is 162 Å². The SMILES string of the molecule is CC(C)COc1cccc(C(=O)OCc2cc([N+](=O)[O-])cc3c2OCOC3)c1. The summed E-state index contributed by atoms with van der Waals surface area (Å²) in [6.45, 7) is 4.70. The number of ether oxygens (including phenoxy) is 4. The Hall–Kier alpha value is -3.13. The number of non-ortho nitro benzene ring substituents is 1. The summed E-state index contributed by atoms with van der Waals surface area (Å²) in [6.07, 6.45) is 0. The molecule has 1 aliphatic rings. The highest BCUT2D eigenvalue weighted by atomic mass is 16.7. The molecule has 8 nitrogen and oxygen atoms in total. The van der Waals surface area contributed by atoms with Crippen LogP contribution >= 0.6 is 0 Å². The maximum absolute atomic E-state index is 12.4. The van der Waals surface area contributed by atoms with Crippen molar-refractivity contribution in [1.29, 1.82) is 0 Å². The zero-order chi connectivity index (χ0) is 20.1. The van der Waals surface area contributed by atoms with Crippen LogP contribution in [0.1, 0.15) is 35.3 Å². The number of benzene rings is 2. The van der Waals surface area contributed by atoms with Gasteiger partial charge in [0.05, 0.1) is 23.7 Å². The molecule has 8 heteroatoms. The third-order valence-electron chi connectivity index (χ3n) is 3.99. The van der Waals surface area contributed by atoms with Gasteiger partial charge in [0, 0.05) is 23.3 Å². The van der Waals surface area contributed by atoms with Crippen molar-refractivity contribution in [3.8, 4) is 11.5 Å². The summed E-state index contributed by atoms with van der Waals surface area (Å²) in [6, 6.07) is 9.45. The van der Waals surface area contributed by atoms with Gasteiger partial charge in [0.25, 0.3) is 5.69 Å². The summed E-state index contributed by atoms with van der Waals surface area (Å²) in [5.74, 6) is 0.844. The zero-order valence-electron chi connectivity index (χ0n) is 15.7. The summed E-state index contributed by atoms with van der Waals surface area (Å²) in [5, 5.41) is 11.1. The second-order valence-electron chi connectivity index (χ2n) is 6.77. The maximum Gasteiger partial charge on any atom is 0.338 e. The summed E-state index contributed by atoms with van der Waals surface area (Å²) in [7, 11) is 0. The van der Waals surface area contributed by atoms with E-state index in [9.17, 15) is 14.9 Å². The molecule has 1 aliphatic heterocycles. The molecule has 0 bridgehead atoms. The zero-order valence-corrected chi connectivity index (χ0v) is 15.7. The van der Waals surface area contributed by atoms with Gasteiger partial charge >= 0.3 is 5.97 Å². The van der Waals surface area contributed by atoms with Crippen LogP contribution in [-0.4, -0.2) is 24.3 Å². The molecule has 3 rings (SSSR count). The summed E-state index contributed by atoms with van der Waals surface area (Å²) < 4.78 is 21.6. The number of hydrogen-bond donors (Lipinski definition) is 0. The molecule has 0 unspecified atom stereocenters. The number of carbonyl (C=O) groups is 1. The minimum Gasteiger partial charge on any atom is -0.493 e. The van der Waals surface area contributed by atoms with Crippen molar-refractivity contribution in [3.05, 3.63) is 63.2 Å². The second kappa shape index (κ2) is 8.71. The molecule has 2 aromatic carbocycles. The lowest BCUT2D eigenvalue weighted by atomic mass is 10.1. The van der Waals surface area contributed by atoms with Crippen LogP contribution in [0.4, 0.5) is 5.69 Å². The minimum atomic E-state index is -0.553. The van der Waals surface area contributed by atoms with E-state index in [4.69, 9.17) is 18.9 Å². The van der Waals surface area contributed by atoms with Crippen LogP contribution < -0.4 is 9.47 Å². The van der Waals surface area contributed by atoms with Gasteiger partial charge in [-0.15, -0.1) is 0 Å². The molecule has 2 aromatic rings. The molecule has 0 saturated carbocycles. The molecule has 0 atom stereocenters. The van der Waals surface area contributed by atoms with Gasteiger partial charge in [-0.2, -0.15) is 0 Å². The maximum atomic E-state index is 12.4. The van der Waals surface area contributed by atoms with E-state index in [1.807, 2.05) is 13.8 Å². The van der Waals surface area contributed by atoms with E-state index in [0.717, 1.165) is 0 Å². The first-order valence-electron chi connectivity index (χ1n) is 8.84. The number of hydrogen-bond acceptors (Lipinski definition) is 7. The molecule has 0 aliphatic carbocycles. The highest BCUT2D eigenvalue weighted by Crippen LogP contribution is 2.33.